The van der Waals surface area contributed by atoms with E-state index in [2.05, 4.69) is 43.0 Å². The molecule has 3 N–H and O–H groups in total. The number of ketones is 1. The van der Waals surface area contributed by atoms with E-state index in [1.54, 1.807) is 13.8 Å². The monoisotopic (exact) mass is 995 g/mol. The maximum absolute atomic E-state index is 13.4. The molecule has 8 nitrogen and oxygen atoms in total. The number of carboxylic acids is 1. The topological polar surface area (TPSA) is 127 Å². The first-order valence-electron chi connectivity index (χ1n) is 25.9. The van der Waals surface area contributed by atoms with E-state index in [0.29, 0.717) is 38.6 Å². The molecule has 0 saturated carbocycles. The molecule has 0 aliphatic carbocycles. The Morgan fingerprint density at radius 2 is 1.04 bits per heavy atom. The molecule has 0 spiro atoms. The zero-order valence-electron chi connectivity index (χ0n) is 44.2. The molecule has 0 saturated heterocycles. The van der Waals surface area contributed by atoms with Gasteiger partial charge in [-0.1, -0.05) is 157 Å². The van der Waals surface area contributed by atoms with Gasteiger partial charge >= 0.3 is 11.9 Å². The number of nitrogens with two attached hydrogens (primary N) is 1. The van der Waals surface area contributed by atoms with Crippen LogP contribution in [0.1, 0.15) is 168 Å². The van der Waals surface area contributed by atoms with Crippen molar-refractivity contribution in [3.05, 3.63) is 131 Å². The number of ether oxygens (including phenoxy) is 1. The lowest BCUT2D eigenvalue weighted by atomic mass is 9.81. The summed E-state index contributed by atoms with van der Waals surface area (Å²) >= 11 is 2.83. The summed E-state index contributed by atoms with van der Waals surface area (Å²) in [6.07, 6.45) is 15.9. The highest BCUT2D eigenvalue weighted by Gasteiger charge is 2.35. The number of aliphatic carboxylic acids is 1. The maximum atomic E-state index is 13.4. The molecule has 1 amide bonds. The van der Waals surface area contributed by atoms with Gasteiger partial charge in [-0.15, -0.1) is 23.5 Å². The zero-order chi connectivity index (χ0) is 51.6. The fourth-order valence-corrected chi connectivity index (χ4v) is 10.1. The molecule has 0 aromatic heterocycles. The Labute approximate surface area is 431 Å². The molecule has 4 rings (SSSR count). The van der Waals surface area contributed by atoms with Gasteiger partial charge in [0.1, 0.15) is 15.1 Å². The number of nitrogens with zero attached hydrogens (tertiary/aromatic N) is 1. The molecule has 0 radical (unpaired) electrons. The average molecular weight is 995 g/mol. The molecule has 0 aliphatic heterocycles. The van der Waals surface area contributed by atoms with Gasteiger partial charge in [-0.05, 0) is 134 Å². The minimum Gasteiger partial charge on any atom is -0.480 e. The predicted octanol–water partition coefficient (Wildman–Crippen LogP) is 14.3. The van der Waals surface area contributed by atoms with Gasteiger partial charge in [0, 0.05) is 35.7 Å². The van der Waals surface area contributed by atoms with Crippen LogP contribution in [0.5, 0.6) is 0 Å². The van der Waals surface area contributed by atoms with Crippen LogP contribution in [-0.4, -0.2) is 67.4 Å². The van der Waals surface area contributed by atoms with Crippen LogP contribution < -0.4 is 5.73 Å². The second kappa shape index (κ2) is 30.5. The number of hydrogen-bond acceptors (Lipinski definition) is 8. The lowest BCUT2D eigenvalue weighted by molar-refractivity contribution is -0.157. The zero-order valence-corrected chi connectivity index (χ0v) is 45.8. The number of carboxylic acid groups (broad SMARTS) is 1. The van der Waals surface area contributed by atoms with E-state index in [0.717, 1.165) is 59.6 Å². The van der Waals surface area contributed by atoms with Crippen LogP contribution in [0.3, 0.4) is 0 Å². The molecule has 0 bridgehead atoms. The Balaban J connectivity index is 0.000000373. The first-order valence-corrected chi connectivity index (χ1v) is 27.5. The van der Waals surface area contributed by atoms with Gasteiger partial charge < -0.3 is 20.5 Å². The standard InChI is InChI=1S/C32H47NO3S.C28H39NO3S/c1-7-8-9-10-14-23-33(29(34)21-20-26-16-12-11-13-17-26)24-22-27-18-15-19-28(25-27)37-32(5,6)30(35)36-31(2,3)4;1-4-5-6-7-11-19-28(29,25(30)18-17-22-13-9-8-10-14-22)21-23-15-12-16-24(20-23)33-27(2,3)26(31)32/h11-13,15-19,25H,7-10,14,20-24H2,1-6H3;8-10,12-16,20H,4-7,11,17-19,21,29H2,1-3H3,(H,31,32). The van der Waals surface area contributed by atoms with E-state index in [1.807, 2.05) is 120 Å². The van der Waals surface area contributed by atoms with Crippen LogP contribution in [-0.2, 0) is 49.6 Å². The number of thioether (sulfide) groups is 2. The van der Waals surface area contributed by atoms with Crippen molar-refractivity contribution in [3.63, 3.8) is 0 Å². The third kappa shape index (κ3) is 23.2. The highest BCUT2D eigenvalue weighted by molar-refractivity contribution is 8.01. The summed E-state index contributed by atoms with van der Waals surface area (Å²) in [5, 5.41) is 9.46. The van der Waals surface area contributed by atoms with Crippen molar-refractivity contribution in [2.24, 2.45) is 5.73 Å². The molecule has 0 heterocycles. The SMILES string of the molecule is CCCCCCCC(N)(Cc1cccc(SC(C)(C)C(=O)O)c1)C(=O)CCc1ccccc1.CCCCCCCN(CCc1cccc(SC(C)(C)C(=O)OC(C)(C)C)c1)C(=O)CCc1ccccc1. The highest BCUT2D eigenvalue weighted by atomic mass is 32.2. The van der Waals surface area contributed by atoms with Crippen molar-refractivity contribution in [2.75, 3.05) is 13.1 Å². The Morgan fingerprint density at radius 3 is 1.59 bits per heavy atom. The van der Waals surface area contributed by atoms with Crippen LogP contribution in [0.15, 0.2) is 119 Å². The summed E-state index contributed by atoms with van der Waals surface area (Å²) in [5.41, 5.74) is 9.91. The first kappa shape index (κ1) is 59.9. The number of Topliss-reactive ketones (excluding diaryl/α,β-unsaturated/α-hetero) is 1. The van der Waals surface area contributed by atoms with Crippen molar-refractivity contribution in [1.29, 1.82) is 0 Å². The molecule has 0 aliphatic rings. The molecule has 1 unspecified atom stereocenters. The molecular weight excluding hydrogens is 909 g/mol. The average Bonchev–Trinajstić information content (AvgIpc) is 3.31. The third-order valence-electron chi connectivity index (χ3n) is 12.3. The van der Waals surface area contributed by atoms with Gasteiger partial charge in [0.05, 0.1) is 5.54 Å². The lowest BCUT2D eigenvalue weighted by Crippen LogP contribution is -2.50. The fourth-order valence-electron chi connectivity index (χ4n) is 8.03. The molecule has 384 valence electrons. The van der Waals surface area contributed by atoms with E-state index in [1.165, 1.54) is 79.6 Å². The summed E-state index contributed by atoms with van der Waals surface area (Å²) in [5.74, 6) is -0.732. The quantitative estimate of drug-likeness (QED) is 0.0298. The summed E-state index contributed by atoms with van der Waals surface area (Å²) in [6.45, 7) is 18.8. The highest BCUT2D eigenvalue weighted by Crippen LogP contribution is 2.36. The number of esters is 1. The number of carbonyl (C=O) groups is 4. The van der Waals surface area contributed by atoms with Crippen LogP contribution >= 0.6 is 23.5 Å². The largest absolute Gasteiger partial charge is 0.480 e. The van der Waals surface area contributed by atoms with Gasteiger partial charge in [0.25, 0.3) is 0 Å². The van der Waals surface area contributed by atoms with E-state index in [-0.39, 0.29) is 17.7 Å². The van der Waals surface area contributed by atoms with E-state index < -0.39 is 26.6 Å². The van der Waals surface area contributed by atoms with Crippen LogP contribution in [0.4, 0.5) is 0 Å². The number of rotatable bonds is 30. The number of hydrogen-bond donors (Lipinski definition) is 2. The van der Waals surface area contributed by atoms with E-state index in [4.69, 9.17) is 10.5 Å². The lowest BCUT2D eigenvalue weighted by Gasteiger charge is -2.29. The summed E-state index contributed by atoms with van der Waals surface area (Å²) in [4.78, 5) is 54.7. The van der Waals surface area contributed by atoms with E-state index >= 15 is 0 Å². The smallest absolute Gasteiger partial charge is 0.322 e. The Hall–Kier alpha value is -4.38. The number of aryl methyl sites for hydroxylation is 2. The van der Waals surface area contributed by atoms with Crippen molar-refractivity contribution in [2.45, 2.75) is 202 Å². The molecule has 4 aromatic carbocycles. The molecule has 1 atom stereocenters. The number of unbranched alkanes of at least 4 members (excludes halogenated alkanes) is 8. The molecule has 10 heteroatoms. The summed E-state index contributed by atoms with van der Waals surface area (Å²) in [7, 11) is 0. The molecule has 70 heavy (non-hydrogen) atoms. The Bertz CT molecular complexity index is 2170. The van der Waals surface area contributed by atoms with Gasteiger partial charge in [0.2, 0.25) is 5.91 Å². The number of carbonyl (C=O) groups excluding carboxylic acids is 3. The number of benzene rings is 4. The maximum Gasteiger partial charge on any atom is 0.322 e. The summed E-state index contributed by atoms with van der Waals surface area (Å²) in [6, 6.07) is 36.4. The Kier molecular flexibility index (Phi) is 26.1. The number of amides is 1. The third-order valence-corrected chi connectivity index (χ3v) is 14.6. The van der Waals surface area contributed by atoms with Crippen LogP contribution in [0.25, 0.3) is 0 Å². The summed E-state index contributed by atoms with van der Waals surface area (Å²) < 4.78 is 4.01. The van der Waals surface area contributed by atoms with Crippen LogP contribution in [0.2, 0.25) is 0 Å². The fraction of sp³-hybridized carbons (Fsp3) is 0.533. The second-order valence-electron chi connectivity index (χ2n) is 20.8. The van der Waals surface area contributed by atoms with E-state index in [9.17, 15) is 24.3 Å². The van der Waals surface area contributed by atoms with Crippen molar-refractivity contribution in [1.82, 2.24) is 4.90 Å². The van der Waals surface area contributed by atoms with Gasteiger partial charge in [-0.3, -0.25) is 19.2 Å². The van der Waals surface area contributed by atoms with Gasteiger partial charge in [-0.2, -0.15) is 0 Å². The van der Waals surface area contributed by atoms with Crippen molar-refractivity contribution in [3.8, 4) is 0 Å². The minimum atomic E-state index is -0.927. The predicted molar refractivity (Wildman–Crippen MR) is 294 cm³/mol. The Morgan fingerprint density at radius 1 is 0.557 bits per heavy atom. The second-order valence-corrected chi connectivity index (χ2v) is 24.2. The molecule has 4 aromatic rings. The molecule has 0 fully saturated rings. The van der Waals surface area contributed by atoms with Gasteiger partial charge in [0.15, 0.2) is 5.78 Å². The van der Waals surface area contributed by atoms with Crippen LogP contribution in [0, 0.1) is 0 Å². The normalized spacial score (nSPS) is 12.6. The van der Waals surface area contributed by atoms with Crippen molar-refractivity contribution < 1.29 is 29.0 Å². The minimum absolute atomic E-state index is 0.103. The first-order chi connectivity index (χ1) is 33.2. The van der Waals surface area contributed by atoms with Gasteiger partial charge in [-0.25, -0.2) is 0 Å². The molecular formula is C60H86N2O6S2. The van der Waals surface area contributed by atoms with Crippen molar-refractivity contribution >= 4 is 47.2 Å².